The number of unbranched alkanes of at least 4 members (excludes halogenated alkanes) is 10. The van der Waals surface area contributed by atoms with E-state index in [1.165, 1.54) is 69.9 Å². The third-order valence-corrected chi connectivity index (χ3v) is 5.47. The van der Waals surface area contributed by atoms with Crippen LogP contribution in [0.5, 0.6) is 0 Å². The van der Waals surface area contributed by atoms with E-state index in [1.54, 1.807) is 4.57 Å². The molecule has 7 heteroatoms. The lowest BCUT2D eigenvalue weighted by molar-refractivity contribution is -0.137. The van der Waals surface area contributed by atoms with Crippen LogP contribution in [-0.2, 0) is 12.6 Å². The van der Waals surface area contributed by atoms with Gasteiger partial charge in [-0.05, 0) is 42.9 Å². The molecule has 0 amide bonds. The van der Waals surface area contributed by atoms with E-state index in [0.717, 1.165) is 37.2 Å². The summed E-state index contributed by atoms with van der Waals surface area (Å²) in [5.74, 6) is 0.769. The third-order valence-electron chi connectivity index (χ3n) is 5.20. The molecule has 2 aromatic rings. The van der Waals surface area contributed by atoms with Gasteiger partial charge in [-0.3, -0.25) is 9.67 Å². The smallest absolute Gasteiger partial charge is 0.272 e. The van der Waals surface area contributed by atoms with Crippen molar-refractivity contribution in [3.05, 3.63) is 40.4 Å². The lowest BCUT2D eigenvalue weighted by Gasteiger charge is -2.10. The van der Waals surface area contributed by atoms with Crippen LogP contribution < -0.4 is 0 Å². The second-order valence-electron chi connectivity index (χ2n) is 7.61. The fraction of sp³-hybridized carbons (Fsp3) is 0.636. The number of rotatable bonds is 13. The summed E-state index contributed by atoms with van der Waals surface area (Å²) in [5.41, 5.74) is -0.0574. The second-order valence-corrected chi connectivity index (χ2v) is 8.00. The lowest BCUT2D eigenvalue weighted by Crippen LogP contribution is -2.06. The molecule has 0 saturated heterocycles. The number of aromatic amines is 1. The molecule has 0 radical (unpaired) electrons. The first-order valence-electron chi connectivity index (χ1n) is 10.8. The van der Waals surface area contributed by atoms with Crippen LogP contribution in [0.25, 0.3) is 5.69 Å². The molecular weight excluding hydrogens is 395 g/mol. The zero-order valence-electron chi connectivity index (χ0n) is 17.2. The molecule has 3 nitrogen and oxygen atoms in total. The van der Waals surface area contributed by atoms with Gasteiger partial charge in [-0.15, -0.1) is 0 Å². The number of H-pyrrole nitrogens is 1. The molecule has 1 aromatic carbocycles. The van der Waals surface area contributed by atoms with E-state index in [1.807, 2.05) is 0 Å². The Labute approximate surface area is 176 Å². The molecular formula is C22H32F3N3S. The number of aromatic nitrogens is 3. The van der Waals surface area contributed by atoms with Crippen molar-refractivity contribution in [1.29, 1.82) is 0 Å². The standard InChI is InChI=1S/C22H32F3N3S/c1-2-3-4-5-6-7-8-9-10-11-12-13-20-26-27-21(29)28(20)19-16-14-18(15-17-19)22(23,24)25/h14-17H,2-13H2,1H3,(H,27,29). The number of benzene rings is 1. The molecule has 2 rings (SSSR count). The van der Waals surface area contributed by atoms with Gasteiger partial charge in [-0.25, -0.2) is 0 Å². The first-order chi connectivity index (χ1) is 13.9. The average Bonchev–Trinajstić information content (AvgIpc) is 3.06. The molecule has 0 bridgehead atoms. The first-order valence-corrected chi connectivity index (χ1v) is 11.2. The van der Waals surface area contributed by atoms with Crippen LogP contribution in [0.15, 0.2) is 24.3 Å². The summed E-state index contributed by atoms with van der Waals surface area (Å²) in [6.45, 7) is 2.24. The SMILES string of the molecule is CCCCCCCCCCCCCc1n[nH]c(=S)n1-c1ccc(C(F)(F)F)cc1. The number of hydrogen-bond donors (Lipinski definition) is 1. The summed E-state index contributed by atoms with van der Waals surface area (Å²) >= 11 is 5.27. The molecule has 0 aliphatic rings. The summed E-state index contributed by atoms with van der Waals surface area (Å²) in [6, 6.07) is 5.04. The molecule has 0 aliphatic heterocycles. The minimum Gasteiger partial charge on any atom is -0.272 e. The lowest BCUT2D eigenvalue weighted by atomic mass is 10.1. The van der Waals surface area contributed by atoms with E-state index < -0.39 is 11.7 Å². The molecule has 1 aromatic heterocycles. The van der Waals surface area contributed by atoms with Crippen LogP contribution >= 0.6 is 12.2 Å². The highest BCUT2D eigenvalue weighted by atomic mass is 32.1. The van der Waals surface area contributed by atoms with E-state index in [4.69, 9.17) is 12.2 Å². The highest BCUT2D eigenvalue weighted by Crippen LogP contribution is 2.29. The third kappa shape index (κ3) is 7.96. The van der Waals surface area contributed by atoms with E-state index in [-0.39, 0.29) is 0 Å². The maximum absolute atomic E-state index is 12.8. The highest BCUT2D eigenvalue weighted by Gasteiger charge is 2.30. The second kappa shape index (κ2) is 12.2. The summed E-state index contributed by atoms with van der Waals surface area (Å²) in [7, 11) is 0. The summed E-state index contributed by atoms with van der Waals surface area (Å²) in [4.78, 5) is 0. The average molecular weight is 428 g/mol. The van der Waals surface area contributed by atoms with Gasteiger partial charge in [-0.1, -0.05) is 71.1 Å². The zero-order chi connectivity index (χ0) is 21.1. The van der Waals surface area contributed by atoms with Gasteiger partial charge in [0.25, 0.3) is 0 Å². The number of halogens is 3. The van der Waals surface area contributed by atoms with Crippen LogP contribution in [0, 0.1) is 4.77 Å². The predicted octanol–water partition coefficient (Wildman–Crippen LogP) is 7.80. The van der Waals surface area contributed by atoms with Crippen molar-refractivity contribution in [1.82, 2.24) is 14.8 Å². The summed E-state index contributed by atoms with van der Waals surface area (Å²) in [5, 5.41) is 7.03. The minimum atomic E-state index is -4.34. The molecule has 0 saturated carbocycles. The molecule has 0 aliphatic carbocycles. The molecule has 1 N–H and O–H groups in total. The molecule has 1 heterocycles. The molecule has 0 unspecified atom stereocenters. The fourth-order valence-corrected chi connectivity index (χ4v) is 3.77. The Balaban J connectivity index is 1.74. The molecule has 162 valence electrons. The van der Waals surface area contributed by atoms with Gasteiger partial charge in [0.2, 0.25) is 0 Å². The number of nitrogens with zero attached hydrogens (tertiary/aromatic N) is 2. The Morgan fingerprint density at radius 1 is 0.862 bits per heavy atom. The fourth-order valence-electron chi connectivity index (χ4n) is 3.51. The minimum absolute atomic E-state index is 0.405. The normalized spacial score (nSPS) is 11.9. The van der Waals surface area contributed by atoms with Crippen molar-refractivity contribution < 1.29 is 13.2 Å². The predicted molar refractivity (Wildman–Crippen MR) is 114 cm³/mol. The molecule has 0 spiro atoms. The van der Waals surface area contributed by atoms with Crippen LogP contribution in [0.3, 0.4) is 0 Å². The molecule has 29 heavy (non-hydrogen) atoms. The van der Waals surface area contributed by atoms with Crippen LogP contribution in [0.2, 0.25) is 0 Å². The van der Waals surface area contributed by atoms with Crippen molar-refractivity contribution in [2.45, 2.75) is 90.1 Å². The van der Waals surface area contributed by atoms with Crippen molar-refractivity contribution in [2.24, 2.45) is 0 Å². The Morgan fingerprint density at radius 2 is 1.38 bits per heavy atom. The Bertz CT molecular complexity index is 763. The van der Waals surface area contributed by atoms with Crippen LogP contribution in [0.1, 0.15) is 88.9 Å². The molecule has 0 fully saturated rings. The van der Waals surface area contributed by atoms with E-state index in [9.17, 15) is 13.2 Å². The zero-order valence-corrected chi connectivity index (χ0v) is 18.0. The Kier molecular flexibility index (Phi) is 9.91. The van der Waals surface area contributed by atoms with Crippen molar-refractivity contribution in [2.75, 3.05) is 0 Å². The number of nitrogens with one attached hydrogen (secondary N) is 1. The Morgan fingerprint density at radius 3 is 1.90 bits per heavy atom. The highest BCUT2D eigenvalue weighted by molar-refractivity contribution is 7.71. The van der Waals surface area contributed by atoms with Gasteiger partial charge in [0, 0.05) is 12.1 Å². The van der Waals surface area contributed by atoms with Crippen molar-refractivity contribution in [3.63, 3.8) is 0 Å². The first kappa shape index (κ1) is 23.6. The van der Waals surface area contributed by atoms with Gasteiger partial charge in [0.1, 0.15) is 5.82 Å². The van der Waals surface area contributed by atoms with Gasteiger partial charge in [-0.2, -0.15) is 18.3 Å². The monoisotopic (exact) mass is 427 g/mol. The van der Waals surface area contributed by atoms with Crippen LogP contribution in [-0.4, -0.2) is 14.8 Å². The maximum atomic E-state index is 12.8. The summed E-state index contributed by atoms with van der Waals surface area (Å²) < 4.78 is 40.4. The molecule has 0 atom stereocenters. The van der Waals surface area contributed by atoms with Gasteiger partial charge < -0.3 is 0 Å². The van der Waals surface area contributed by atoms with Crippen LogP contribution in [0.4, 0.5) is 13.2 Å². The largest absolute Gasteiger partial charge is 0.416 e. The summed E-state index contributed by atoms with van der Waals surface area (Å²) in [6.07, 6.45) is 10.4. The van der Waals surface area contributed by atoms with Gasteiger partial charge in [0.15, 0.2) is 4.77 Å². The number of aryl methyl sites for hydroxylation is 1. The number of alkyl halides is 3. The van der Waals surface area contributed by atoms with E-state index in [0.29, 0.717) is 10.5 Å². The van der Waals surface area contributed by atoms with Gasteiger partial charge >= 0.3 is 6.18 Å². The van der Waals surface area contributed by atoms with E-state index >= 15 is 0 Å². The number of hydrogen-bond acceptors (Lipinski definition) is 2. The maximum Gasteiger partial charge on any atom is 0.416 e. The topological polar surface area (TPSA) is 33.6 Å². The quantitative estimate of drug-likeness (QED) is 0.261. The van der Waals surface area contributed by atoms with Crippen molar-refractivity contribution in [3.8, 4) is 5.69 Å². The van der Waals surface area contributed by atoms with Crippen molar-refractivity contribution >= 4 is 12.2 Å². The Hall–Kier alpha value is -1.63. The van der Waals surface area contributed by atoms with E-state index in [2.05, 4.69) is 17.1 Å². The van der Waals surface area contributed by atoms with Gasteiger partial charge in [0.05, 0.1) is 5.56 Å².